The van der Waals surface area contributed by atoms with Crippen molar-refractivity contribution in [1.29, 1.82) is 0 Å². The summed E-state index contributed by atoms with van der Waals surface area (Å²) in [5.41, 5.74) is 0.634. The van der Waals surface area contributed by atoms with E-state index >= 15 is 0 Å². The van der Waals surface area contributed by atoms with Gasteiger partial charge in [0.25, 0.3) is 5.91 Å². The fraction of sp³-hybridized carbons (Fsp3) is 0.438. The van der Waals surface area contributed by atoms with Crippen LogP contribution in [0.1, 0.15) is 24.2 Å². The number of hydrogen-bond donors (Lipinski definition) is 0. The summed E-state index contributed by atoms with van der Waals surface area (Å²) in [6, 6.07) is 3.66. The first-order valence-corrected chi connectivity index (χ1v) is 8.56. The van der Waals surface area contributed by atoms with Gasteiger partial charge in [-0.2, -0.15) is 11.8 Å². The van der Waals surface area contributed by atoms with E-state index in [0.717, 1.165) is 18.8 Å². The van der Waals surface area contributed by atoms with Crippen LogP contribution in [0, 0.1) is 5.92 Å². The van der Waals surface area contributed by atoms with Crippen LogP contribution >= 0.6 is 11.8 Å². The lowest BCUT2D eigenvalue weighted by Gasteiger charge is -2.34. The standard InChI is InChI=1S/C16H20N4OS/c1-12(2)14-10-19(8-9-22-14)16(21)13-4-3-5-18-15(13)20-7-6-17-11-20/h3-7,11-12,14H,8-10H2,1-2H3/t14-/m0/s1. The van der Waals surface area contributed by atoms with Crippen molar-refractivity contribution in [3.05, 3.63) is 42.6 Å². The molecular formula is C16H20N4OS. The molecule has 116 valence electrons. The van der Waals surface area contributed by atoms with Crippen LogP contribution in [0.4, 0.5) is 0 Å². The summed E-state index contributed by atoms with van der Waals surface area (Å²) in [5.74, 6) is 2.27. The second-order valence-electron chi connectivity index (χ2n) is 5.75. The average molecular weight is 316 g/mol. The molecule has 2 aromatic heterocycles. The van der Waals surface area contributed by atoms with Gasteiger partial charge in [0.15, 0.2) is 5.82 Å². The third kappa shape index (κ3) is 3.02. The highest BCUT2D eigenvalue weighted by molar-refractivity contribution is 8.00. The number of aromatic nitrogens is 3. The number of carbonyl (C=O) groups is 1. The maximum Gasteiger partial charge on any atom is 0.257 e. The molecule has 0 N–H and O–H groups in total. The molecule has 1 saturated heterocycles. The second kappa shape index (κ2) is 6.52. The van der Waals surface area contributed by atoms with E-state index in [4.69, 9.17) is 0 Å². The van der Waals surface area contributed by atoms with Gasteiger partial charge >= 0.3 is 0 Å². The third-order valence-corrected chi connectivity index (χ3v) is 5.43. The normalized spacial score (nSPS) is 18.7. The number of amides is 1. The summed E-state index contributed by atoms with van der Waals surface area (Å²) in [4.78, 5) is 23.3. The van der Waals surface area contributed by atoms with E-state index in [9.17, 15) is 4.79 Å². The summed E-state index contributed by atoms with van der Waals surface area (Å²) < 4.78 is 1.78. The molecule has 1 atom stereocenters. The monoisotopic (exact) mass is 316 g/mol. The lowest BCUT2D eigenvalue weighted by molar-refractivity contribution is 0.0755. The zero-order valence-electron chi connectivity index (χ0n) is 12.8. The Morgan fingerprint density at radius 1 is 1.41 bits per heavy atom. The highest BCUT2D eigenvalue weighted by atomic mass is 32.2. The highest BCUT2D eigenvalue weighted by Gasteiger charge is 2.28. The van der Waals surface area contributed by atoms with Crippen LogP contribution in [0.25, 0.3) is 5.82 Å². The molecule has 0 aromatic carbocycles. The molecule has 1 fully saturated rings. The van der Waals surface area contributed by atoms with Gasteiger partial charge in [-0.05, 0) is 18.1 Å². The Morgan fingerprint density at radius 2 is 2.27 bits per heavy atom. The Labute approximate surface area is 134 Å². The molecule has 6 heteroatoms. The molecule has 1 amide bonds. The summed E-state index contributed by atoms with van der Waals surface area (Å²) in [6.07, 6.45) is 6.87. The number of thioether (sulfide) groups is 1. The van der Waals surface area contributed by atoms with Crippen LogP contribution in [0.3, 0.4) is 0 Å². The van der Waals surface area contributed by atoms with Gasteiger partial charge < -0.3 is 4.90 Å². The van der Waals surface area contributed by atoms with Crippen molar-refractivity contribution in [2.75, 3.05) is 18.8 Å². The van der Waals surface area contributed by atoms with Gasteiger partial charge in [0.05, 0.1) is 5.56 Å². The third-order valence-electron chi connectivity index (χ3n) is 3.89. The number of hydrogen-bond acceptors (Lipinski definition) is 4. The molecule has 5 nitrogen and oxygen atoms in total. The molecule has 0 aliphatic carbocycles. The van der Waals surface area contributed by atoms with Crippen molar-refractivity contribution in [2.45, 2.75) is 19.1 Å². The van der Waals surface area contributed by atoms with E-state index in [2.05, 4.69) is 23.8 Å². The van der Waals surface area contributed by atoms with Gasteiger partial charge in [-0.25, -0.2) is 9.97 Å². The van der Waals surface area contributed by atoms with Gasteiger partial charge in [-0.3, -0.25) is 9.36 Å². The molecule has 0 saturated carbocycles. The number of carbonyl (C=O) groups excluding carboxylic acids is 1. The molecule has 0 bridgehead atoms. The van der Waals surface area contributed by atoms with E-state index in [1.165, 1.54) is 0 Å². The Morgan fingerprint density at radius 3 is 3.00 bits per heavy atom. The van der Waals surface area contributed by atoms with Gasteiger partial charge in [0.2, 0.25) is 0 Å². The van der Waals surface area contributed by atoms with Crippen LogP contribution in [0.15, 0.2) is 37.1 Å². The molecule has 3 heterocycles. The molecule has 1 aliphatic heterocycles. The Bertz CT molecular complexity index is 641. The Kier molecular flexibility index (Phi) is 4.47. The summed E-state index contributed by atoms with van der Waals surface area (Å²) >= 11 is 1.96. The second-order valence-corrected chi connectivity index (χ2v) is 7.10. The first-order chi connectivity index (χ1) is 10.7. The number of pyridine rings is 1. The van der Waals surface area contributed by atoms with E-state index < -0.39 is 0 Å². The summed E-state index contributed by atoms with van der Waals surface area (Å²) in [7, 11) is 0. The predicted octanol–water partition coefficient (Wildman–Crippen LogP) is 2.48. The number of imidazole rings is 1. The SMILES string of the molecule is CC(C)[C@@H]1CN(C(=O)c2cccnc2-n2ccnc2)CCS1. The van der Waals surface area contributed by atoms with Crippen LogP contribution < -0.4 is 0 Å². The van der Waals surface area contributed by atoms with Crippen molar-refractivity contribution in [3.63, 3.8) is 0 Å². The lowest BCUT2D eigenvalue weighted by Crippen LogP contribution is -2.43. The summed E-state index contributed by atoms with van der Waals surface area (Å²) in [6.45, 7) is 6.03. The quantitative estimate of drug-likeness (QED) is 0.873. The van der Waals surface area contributed by atoms with Crippen LogP contribution in [-0.4, -0.2) is 49.4 Å². The van der Waals surface area contributed by atoms with Gasteiger partial charge in [-0.1, -0.05) is 13.8 Å². The topological polar surface area (TPSA) is 51.0 Å². The summed E-state index contributed by atoms with van der Waals surface area (Å²) in [5, 5.41) is 0.506. The fourth-order valence-electron chi connectivity index (χ4n) is 2.59. The maximum atomic E-state index is 12.9. The van der Waals surface area contributed by atoms with Crippen molar-refractivity contribution >= 4 is 17.7 Å². The smallest absolute Gasteiger partial charge is 0.257 e. The number of rotatable bonds is 3. The molecular weight excluding hydrogens is 296 g/mol. The lowest BCUT2D eigenvalue weighted by atomic mass is 10.1. The van der Waals surface area contributed by atoms with E-state index in [1.807, 2.05) is 35.0 Å². The van der Waals surface area contributed by atoms with Crippen molar-refractivity contribution in [2.24, 2.45) is 5.92 Å². The Balaban J connectivity index is 1.87. The molecule has 22 heavy (non-hydrogen) atoms. The van der Waals surface area contributed by atoms with Crippen molar-refractivity contribution in [3.8, 4) is 5.82 Å². The largest absolute Gasteiger partial charge is 0.337 e. The predicted molar refractivity (Wildman–Crippen MR) is 88.3 cm³/mol. The highest BCUT2D eigenvalue weighted by Crippen LogP contribution is 2.26. The van der Waals surface area contributed by atoms with Crippen LogP contribution in [0.5, 0.6) is 0 Å². The van der Waals surface area contributed by atoms with E-state index in [1.54, 1.807) is 23.3 Å². The van der Waals surface area contributed by atoms with Crippen LogP contribution in [0.2, 0.25) is 0 Å². The van der Waals surface area contributed by atoms with Crippen molar-refractivity contribution in [1.82, 2.24) is 19.4 Å². The molecule has 3 rings (SSSR count). The molecule has 2 aromatic rings. The van der Waals surface area contributed by atoms with Crippen LogP contribution in [-0.2, 0) is 0 Å². The maximum absolute atomic E-state index is 12.9. The molecule has 0 unspecified atom stereocenters. The average Bonchev–Trinajstić information content (AvgIpc) is 3.08. The van der Waals surface area contributed by atoms with Gasteiger partial charge in [0.1, 0.15) is 6.33 Å². The minimum atomic E-state index is 0.0581. The minimum absolute atomic E-state index is 0.0581. The first kappa shape index (κ1) is 15.1. The molecule has 0 radical (unpaired) electrons. The zero-order valence-corrected chi connectivity index (χ0v) is 13.7. The molecule has 1 aliphatic rings. The van der Waals surface area contributed by atoms with Crippen molar-refractivity contribution < 1.29 is 4.79 Å². The fourth-order valence-corrected chi connectivity index (χ4v) is 3.89. The Hall–Kier alpha value is -1.82. The van der Waals surface area contributed by atoms with E-state index in [0.29, 0.717) is 22.5 Å². The van der Waals surface area contributed by atoms with Gasteiger partial charge in [-0.15, -0.1) is 0 Å². The zero-order chi connectivity index (χ0) is 15.5. The van der Waals surface area contributed by atoms with E-state index in [-0.39, 0.29) is 5.91 Å². The minimum Gasteiger partial charge on any atom is -0.337 e. The van der Waals surface area contributed by atoms with Gasteiger partial charge in [0, 0.05) is 42.7 Å². The number of nitrogens with zero attached hydrogens (tertiary/aromatic N) is 4. The molecule has 0 spiro atoms. The first-order valence-electron chi connectivity index (χ1n) is 7.51.